The number of cyclic esters (lactones) is 1. The lowest BCUT2D eigenvalue weighted by Crippen LogP contribution is -2.26. The van der Waals surface area contributed by atoms with E-state index in [1.54, 1.807) is 6.08 Å². The maximum absolute atomic E-state index is 11.9. The Labute approximate surface area is 140 Å². The molecule has 0 radical (unpaired) electrons. The zero-order chi connectivity index (χ0) is 16.9. The van der Waals surface area contributed by atoms with Crippen molar-refractivity contribution < 1.29 is 19.4 Å². The Morgan fingerprint density at radius 3 is 2.52 bits per heavy atom. The zero-order valence-corrected chi connectivity index (χ0v) is 14.5. The predicted molar refractivity (Wildman–Crippen MR) is 91.1 cm³/mol. The minimum atomic E-state index is -0.708. The first-order valence-electron chi connectivity index (χ1n) is 9.18. The highest BCUT2D eigenvalue weighted by atomic mass is 16.5. The Hall–Kier alpha value is -1.16. The van der Waals surface area contributed by atoms with E-state index in [1.165, 1.54) is 44.6 Å². The van der Waals surface area contributed by atoms with Crippen LogP contribution in [-0.4, -0.2) is 29.1 Å². The maximum Gasteiger partial charge on any atom is 0.330 e. The summed E-state index contributed by atoms with van der Waals surface area (Å²) < 4.78 is 5.09. The van der Waals surface area contributed by atoms with Gasteiger partial charge in [0.1, 0.15) is 11.9 Å². The number of ether oxygens (including phenoxy) is 1. The van der Waals surface area contributed by atoms with Crippen molar-refractivity contribution in [2.75, 3.05) is 0 Å². The molecular weight excluding hydrogens is 292 g/mol. The first-order valence-corrected chi connectivity index (χ1v) is 9.18. The second-order valence-corrected chi connectivity index (χ2v) is 6.55. The number of aliphatic hydroxyl groups is 1. The van der Waals surface area contributed by atoms with E-state index in [1.807, 2.05) is 0 Å². The van der Waals surface area contributed by atoms with Crippen molar-refractivity contribution in [1.82, 2.24) is 0 Å². The quantitative estimate of drug-likeness (QED) is 0.409. The summed E-state index contributed by atoms with van der Waals surface area (Å²) in [4.78, 5) is 23.0. The third-order valence-electron chi connectivity index (χ3n) is 4.24. The molecule has 23 heavy (non-hydrogen) atoms. The molecule has 2 atom stereocenters. The standard InChI is InChI=1S/C19H32O4/c1-2-3-4-5-6-7-8-9-11-16(20)14-17(21)15-18-12-10-13-19(22)23-18/h10,13,17-18,21H,2-9,11-12,14-15H2,1H3/t17-,18+/m1/s1. The largest absolute Gasteiger partial charge is 0.459 e. The third kappa shape index (κ3) is 10.3. The molecule has 0 saturated heterocycles. The number of hydrogen-bond acceptors (Lipinski definition) is 4. The number of aliphatic hydroxyl groups excluding tert-OH is 1. The first-order chi connectivity index (χ1) is 11.1. The van der Waals surface area contributed by atoms with Crippen molar-refractivity contribution in [2.45, 2.75) is 96.2 Å². The lowest BCUT2D eigenvalue weighted by molar-refractivity contribution is -0.145. The van der Waals surface area contributed by atoms with Gasteiger partial charge < -0.3 is 9.84 Å². The van der Waals surface area contributed by atoms with Gasteiger partial charge in [-0.15, -0.1) is 0 Å². The average Bonchev–Trinajstić information content (AvgIpc) is 2.49. The Morgan fingerprint density at radius 2 is 1.87 bits per heavy atom. The molecular formula is C19H32O4. The van der Waals surface area contributed by atoms with Crippen LogP contribution in [0, 0.1) is 0 Å². The van der Waals surface area contributed by atoms with Crippen molar-refractivity contribution >= 4 is 11.8 Å². The summed E-state index contributed by atoms with van der Waals surface area (Å²) in [5.41, 5.74) is 0. The molecule has 0 amide bonds. The predicted octanol–water partition coefficient (Wildman–Crippen LogP) is 4.10. The van der Waals surface area contributed by atoms with E-state index >= 15 is 0 Å². The van der Waals surface area contributed by atoms with Crippen LogP contribution in [0.15, 0.2) is 12.2 Å². The molecule has 0 fully saturated rings. The van der Waals surface area contributed by atoms with Crippen LogP contribution in [0.2, 0.25) is 0 Å². The number of carbonyl (C=O) groups is 2. The fourth-order valence-electron chi connectivity index (χ4n) is 2.92. The van der Waals surface area contributed by atoms with Gasteiger partial charge in [0.25, 0.3) is 0 Å². The minimum Gasteiger partial charge on any atom is -0.459 e. The highest BCUT2D eigenvalue weighted by molar-refractivity contribution is 5.82. The van der Waals surface area contributed by atoms with Crippen LogP contribution >= 0.6 is 0 Å². The molecule has 1 heterocycles. The van der Waals surface area contributed by atoms with Gasteiger partial charge in [0.15, 0.2) is 0 Å². The summed E-state index contributed by atoms with van der Waals surface area (Å²) in [6.07, 6.45) is 13.5. The lowest BCUT2D eigenvalue weighted by Gasteiger charge is -2.21. The Bertz CT molecular complexity index is 376. The molecule has 0 aliphatic carbocycles. The topological polar surface area (TPSA) is 63.6 Å². The summed E-state index contributed by atoms with van der Waals surface area (Å²) in [6.45, 7) is 2.22. The van der Waals surface area contributed by atoms with Gasteiger partial charge >= 0.3 is 5.97 Å². The van der Waals surface area contributed by atoms with E-state index in [9.17, 15) is 14.7 Å². The highest BCUT2D eigenvalue weighted by Gasteiger charge is 2.21. The van der Waals surface area contributed by atoms with E-state index in [-0.39, 0.29) is 24.3 Å². The summed E-state index contributed by atoms with van der Waals surface area (Å²) in [6, 6.07) is 0. The summed E-state index contributed by atoms with van der Waals surface area (Å²) in [5, 5.41) is 9.95. The monoisotopic (exact) mass is 324 g/mol. The lowest BCUT2D eigenvalue weighted by atomic mass is 10.00. The molecule has 0 unspecified atom stereocenters. The van der Waals surface area contributed by atoms with Crippen LogP contribution in [0.1, 0.15) is 84.0 Å². The van der Waals surface area contributed by atoms with Crippen LogP contribution in [0.25, 0.3) is 0 Å². The van der Waals surface area contributed by atoms with Crippen LogP contribution < -0.4 is 0 Å². The SMILES string of the molecule is CCCCCCCCCCC(=O)C[C@@H](O)C[C@@H]1CC=CC(=O)O1. The molecule has 0 spiro atoms. The Kier molecular flexibility index (Phi) is 10.6. The first kappa shape index (κ1) is 19.9. The van der Waals surface area contributed by atoms with Gasteiger partial charge in [0.05, 0.1) is 6.10 Å². The summed E-state index contributed by atoms with van der Waals surface area (Å²) in [5.74, 6) is -0.250. The van der Waals surface area contributed by atoms with Crippen molar-refractivity contribution in [3.05, 3.63) is 12.2 Å². The third-order valence-corrected chi connectivity index (χ3v) is 4.24. The highest BCUT2D eigenvalue weighted by Crippen LogP contribution is 2.16. The van der Waals surface area contributed by atoms with E-state index in [2.05, 4.69) is 6.92 Å². The number of Topliss-reactive ketones (excluding diaryl/α,β-unsaturated/α-hetero) is 1. The zero-order valence-electron chi connectivity index (χ0n) is 14.5. The summed E-state index contributed by atoms with van der Waals surface area (Å²) in [7, 11) is 0. The van der Waals surface area contributed by atoms with Gasteiger partial charge in [-0.05, 0) is 6.42 Å². The molecule has 0 bridgehead atoms. The van der Waals surface area contributed by atoms with Crippen LogP contribution in [-0.2, 0) is 14.3 Å². The van der Waals surface area contributed by atoms with Crippen LogP contribution in [0.4, 0.5) is 0 Å². The molecule has 4 nitrogen and oxygen atoms in total. The molecule has 132 valence electrons. The second kappa shape index (κ2) is 12.3. The Morgan fingerprint density at radius 1 is 1.22 bits per heavy atom. The fraction of sp³-hybridized carbons (Fsp3) is 0.789. The molecule has 0 aromatic rings. The number of hydrogen-bond donors (Lipinski definition) is 1. The van der Waals surface area contributed by atoms with Crippen LogP contribution in [0.3, 0.4) is 0 Å². The van der Waals surface area contributed by atoms with Gasteiger partial charge in [-0.1, -0.05) is 57.9 Å². The van der Waals surface area contributed by atoms with E-state index < -0.39 is 6.10 Å². The van der Waals surface area contributed by atoms with Crippen LogP contribution in [0.5, 0.6) is 0 Å². The number of esters is 1. The minimum absolute atomic E-state index is 0.112. The number of rotatable bonds is 13. The van der Waals surface area contributed by atoms with Crippen molar-refractivity contribution in [3.63, 3.8) is 0 Å². The average molecular weight is 324 g/mol. The van der Waals surface area contributed by atoms with Gasteiger partial charge in [-0.2, -0.15) is 0 Å². The van der Waals surface area contributed by atoms with Gasteiger partial charge in [-0.25, -0.2) is 4.79 Å². The van der Waals surface area contributed by atoms with E-state index in [4.69, 9.17) is 4.74 Å². The number of carbonyl (C=O) groups excluding carboxylic acids is 2. The molecule has 1 aliphatic rings. The normalized spacial score (nSPS) is 18.7. The molecule has 0 aromatic carbocycles. The smallest absolute Gasteiger partial charge is 0.330 e. The fourth-order valence-corrected chi connectivity index (χ4v) is 2.92. The molecule has 0 aromatic heterocycles. The molecule has 1 rings (SSSR count). The second-order valence-electron chi connectivity index (χ2n) is 6.55. The summed E-state index contributed by atoms with van der Waals surface area (Å²) >= 11 is 0. The molecule has 1 aliphatic heterocycles. The van der Waals surface area contributed by atoms with Crippen molar-refractivity contribution in [2.24, 2.45) is 0 Å². The number of unbranched alkanes of at least 4 members (excludes halogenated alkanes) is 7. The molecule has 0 saturated carbocycles. The van der Waals surface area contributed by atoms with E-state index in [0.29, 0.717) is 19.3 Å². The van der Waals surface area contributed by atoms with Crippen molar-refractivity contribution in [1.29, 1.82) is 0 Å². The van der Waals surface area contributed by atoms with Crippen molar-refractivity contribution in [3.8, 4) is 0 Å². The maximum atomic E-state index is 11.9. The van der Waals surface area contributed by atoms with E-state index in [0.717, 1.165) is 12.8 Å². The van der Waals surface area contributed by atoms with Gasteiger partial charge in [-0.3, -0.25) is 4.79 Å². The number of ketones is 1. The Balaban J connectivity index is 2.00. The molecule has 1 N–H and O–H groups in total. The molecule has 4 heteroatoms. The van der Waals surface area contributed by atoms with Gasteiger partial charge in [0, 0.05) is 31.8 Å². The van der Waals surface area contributed by atoms with Gasteiger partial charge in [0.2, 0.25) is 0 Å².